The van der Waals surface area contributed by atoms with Crippen LogP contribution in [-0.4, -0.2) is 188 Å². The Kier molecular flexibility index (Phi) is 22.3. The molecule has 81 heavy (non-hydrogen) atoms. The lowest BCUT2D eigenvalue weighted by Crippen LogP contribution is -2.63. The molecular weight excluding hydrogens is 1100 g/mol. The number of hydrogen-bond acceptors (Lipinski definition) is 18. The Morgan fingerprint density at radius 1 is 0.975 bits per heavy atom. The zero-order valence-corrected chi connectivity index (χ0v) is 49.3. The van der Waals surface area contributed by atoms with Crippen molar-refractivity contribution in [2.45, 2.75) is 141 Å². The van der Waals surface area contributed by atoms with Gasteiger partial charge in [-0.2, -0.15) is 0 Å². The molecule has 5 aliphatic rings. The number of methoxy groups -OCH3 is 2. The van der Waals surface area contributed by atoms with Gasteiger partial charge in [-0.3, -0.25) is 29.3 Å². The molecule has 2 unspecified atom stereocenters. The minimum atomic E-state index is -1.84. The number of fused-ring (bicyclic) bond motifs is 5. The number of rotatable bonds is 16. The van der Waals surface area contributed by atoms with Crippen molar-refractivity contribution in [3.63, 3.8) is 0 Å². The van der Waals surface area contributed by atoms with Gasteiger partial charge in [-0.25, -0.2) is 19.2 Å². The molecule has 1 saturated carbocycles. The number of imide groups is 1. The summed E-state index contributed by atoms with van der Waals surface area (Å²) in [7, 11) is 9.06. The highest BCUT2D eigenvalue weighted by Gasteiger charge is 2.62. The molecule has 2 aliphatic carbocycles. The Balaban J connectivity index is 1.01. The van der Waals surface area contributed by atoms with Gasteiger partial charge in [-0.05, 0) is 88.0 Å². The number of benzene rings is 1. The van der Waals surface area contributed by atoms with E-state index in [1.807, 2.05) is 26.8 Å². The van der Waals surface area contributed by atoms with E-state index in [1.165, 1.54) is 47.8 Å². The number of ether oxygens (including phenoxy) is 6. The molecule has 10 atom stereocenters. The SMILES string of the molecule is COc1cc2cc(c1Cl)N(C)C(=O)C[C@H](OC(=O)[C@H](C)N(C)C(=O)CCSC(=O)N(C)CCN(C)C(=O)OC1/C=C/CC(OCC(=O)ON3C(=O)CCC3=O)CCC1)[C@]1(C)C[C@H]1[C@H](C)[C@@H]1C[C@@](O)(NC(=O)O1)[C@H](OC)/C=C/C=C(\C)C2. The molecule has 0 aromatic heterocycles. The zero-order chi connectivity index (χ0) is 59.5. The lowest BCUT2D eigenvalue weighted by atomic mass is 9.83. The number of hydrogen-bond donors (Lipinski definition) is 2. The van der Waals surface area contributed by atoms with Crippen LogP contribution in [0.1, 0.15) is 97.5 Å². The van der Waals surface area contributed by atoms with Gasteiger partial charge in [0.05, 0.1) is 25.3 Å². The molecule has 7 amide bonds. The number of carbonyl (C=O) groups excluding carboxylic acids is 9. The van der Waals surface area contributed by atoms with Crippen LogP contribution in [0.4, 0.5) is 20.1 Å². The van der Waals surface area contributed by atoms with Crippen LogP contribution in [0.5, 0.6) is 5.75 Å². The largest absolute Gasteiger partial charge is 0.495 e. The van der Waals surface area contributed by atoms with Crippen molar-refractivity contribution in [1.82, 2.24) is 25.1 Å². The number of nitrogens with zero attached hydrogens (tertiary/aromatic N) is 5. The highest BCUT2D eigenvalue weighted by molar-refractivity contribution is 8.13. The topological polar surface area (TPSA) is 267 Å². The lowest BCUT2D eigenvalue weighted by Gasteiger charge is -2.42. The quantitative estimate of drug-likeness (QED) is 0.0817. The predicted molar refractivity (Wildman–Crippen MR) is 296 cm³/mol. The third-order valence-electron chi connectivity index (χ3n) is 15.8. The number of amides is 7. The number of aliphatic hydroxyl groups is 1. The molecule has 2 N–H and O–H groups in total. The van der Waals surface area contributed by atoms with E-state index >= 15 is 0 Å². The van der Waals surface area contributed by atoms with Gasteiger partial charge in [-0.15, -0.1) is 5.06 Å². The van der Waals surface area contributed by atoms with Gasteiger partial charge in [0.25, 0.3) is 17.1 Å². The Labute approximate surface area is 481 Å². The molecule has 0 spiro atoms. The summed E-state index contributed by atoms with van der Waals surface area (Å²) in [6.07, 6.45) is 6.27. The maximum Gasteiger partial charge on any atom is 0.410 e. The van der Waals surface area contributed by atoms with Crippen LogP contribution < -0.4 is 15.0 Å². The number of halogens is 1. The van der Waals surface area contributed by atoms with Gasteiger partial charge >= 0.3 is 24.1 Å². The summed E-state index contributed by atoms with van der Waals surface area (Å²) in [5, 5.41) is 14.8. The smallest absolute Gasteiger partial charge is 0.410 e. The molecule has 1 aromatic carbocycles. The molecule has 25 heteroatoms. The standard InChI is InChI=1S/C56H77ClN6O17S/c1-33-14-11-19-43(75-10)56(73)31-42(78-52(70)58-56)34(2)39-30-55(39,4)44(29-48(67)62(8)40-27-36(26-33)28-41(74-9)50(40)57)79-51(69)35(3)61(7)45(64)22-25-81-54(72)60(6)24-23-59(5)53(71)77-38-17-12-15-37(16-13-18-38)76-32-49(68)80-63-46(65)20-21-47(63)66/h11-12,14,17,19,27-28,34-35,37-39,42-44,73H,13,15-16,18,20-26,29-32H2,1-10H3,(H,58,70)/b17-12+,19-11+,33-14+/t34-,35-,37?,38?,39-,42-,43+,44-,55+,56-/m0/s1. The predicted octanol–water partition coefficient (Wildman–Crippen LogP) is 6.12. The number of esters is 1. The molecule has 2 saturated heterocycles. The molecule has 446 valence electrons. The Bertz CT molecular complexity index is 2620. The van der Waals surface area contributed by atoms with Gasteiger partial charge in [0, 0.05) is 85.2 Å². The molecule has 23 nitrogen and oxygen atoms in total. The zero-order valence-electron chi connectivity index (χ0n) is 47.8. The van der Waals surface area contributed by atoms with E-state index in [-0.39, 0.29) is 79.1 Å². The number of likely N-dealkylation sites (N-methyl/N-ethyl adjacent to an activating group) is 3. The van der Waals surface area contributed by atoms with Gasteiger partial charge < -0.3 is 58.0 Å². The molecule has 1 aromatic rings. The minimum Gasteiger partial charge on any atom is -0.495 e. The summed E-state index contributed by atoms with van der Waals surface area (Å²) in [5.74, 6) is -3.85. The number of hydroxylamine groups is 2. The second-order valence-corrected chi connectivity index (χ2v) is 23.1. The second-order valence-electron chi connectivity index (χ2n) is 21.7. The van der Waals surface area contributed by atoms with Crippen LogP contribution >= 0.6 is 23.4 Å². The fourth-order valence-corrected chi connectivity index (χ4v) is 11.4. The summed E-state index contributed by atoms with van der Waals surface area (Å²) in [6, 6.07) is 2.46. The normalized spacial score (nSPS) is 28.7. The molecule has 6 rings (SSSR count). The summed E-state index contributed by atoms with van der Waals surface area (Å²) >= 11 is 7.75. The van der Waals surface area contributed by atoms with Gasteiger partial charge in [-0.1, -0.05) is 67.1 Å². The van der Waals surface area contributed by atoms with Crippen molar-refractivity contribution in [1.29, 1.82) is 0 Å². The fraction of sp³-hybridized carbons (Fsp3) is 0.625. The van der Waals surface area contributed by atoms with Crippen LogP contribution in [0.2, 0.25) is 5.02 Å². The van der Waals surface area contributed by atoms with Crippen LogP contribution in [0.25, 0.3) is 0 Å². The van der Waals surface area contributed by atoms with Crippen molar-refractivity contribution < 1.29 is 81.5 Å². The number of allylic oxidation sites excluding steroid dienone is 3. The third kappa shape index (κ3) is 16.5. The molecule has 3 fully saturated rings. The maximum atomic E-state index is 14.4. The molecule has 4 bridgehead atoms. The molecule has 3 heterocycles. The van der Waals surface area contributed by atoms with Crippen molar-refractivity contribution in [3.05, 3.63) is 58.7 Å². The highest BCUT2D eigenvalue weighted by Crippen LogP contribution is 2.61. The van der Waals surface area contributed by atoms with Crippen LogP contribution in [0.3, 0.4) is 0 Å². The van der Waals surface area contributed by atoms with E-state index in [1.54, 1.807) is 57.6 Å². The van der Waals surface area contributed by atoms with Crippen molar-refractivity contribution in [2.24, 2.45) is 17.3 Å². The summed E-state index contributed by atoms with van der Waals surface area (Å²) < 4.78 is 34.7. The average Bonchev–Trinajstić information content (AvgIpc) is 4.03. The third-order valence-corrected chi connectivity index (χ3v) is 17.2. The second kappa shape index (κ2) is 28.2. The lowest BCUT2D eigenvalue weighted by molar-refractivity contribution is -0.201. The minimum absolute atomic E-state index is 0.00986. The van der Waals surface area contributed by atoms with E-state index in [0.717, 1.165) is 22.9 Å². The first-order chi connectivity index (χ1) is 38.3. The van der Waals surface area contributed by atoms with Crippen LogP contribution in [0.15, 0.2) is 48.1 Å². The number of anilines is 1. The fourth-order valence-electron chi connectivity index (χ4n) is 10.4. The average molecular weight is 1170 g/mol. The van der Waals surface area contributed by atoms with E-state index in [4.69, 9.17) is 44.9 Å². The van der Waals surface area contributed by atoms with Crippen LogP contribution in [-0.2, 0) is 63.7 Å². The van der Waals surface area contributed by atoms with Crippen LogP contribution in [0, 0.1) is 17.3 Å². The summed E-state index contributed by atoms with van der Waals surface area (Å²) in [5.41, 5.74) is -0.600. The van der Waals surface area contributed by atoms with Crippen molar-refractivity contribution in [3.8, 4) is 5.75 Å². The Morgan fingerprint density at radius 2 is 1.68 bits per heavy atom. The number of carbonyl (C=O) groups is 9. The molecular formula is C56H77ClN6O17S. The van der Waals surface area contributed by atoms with Gasteiger partial charge in [0.2, 0.25) is 11.8 Å². The molecule has 0 radical (unpaired) electrons. The summed E-state index contributed by atoms with van der Waals surface area (Å²) in [4.78, 5) is 127. The van der Waals surface area contributed by atoms with E-state index in [9.17, 15) is 48.3 Å². The van der Waals surface area contributed by atoms with Crippen molar-refractivity contribution >= 4 is 82.0 Å². The monoisotopic (exact) mass is 1170 g/mol. The van der Waals surface area contributed by atoms with E-state index in [2.05, 4.69) is 5.32 Å². The van der Waals surface area contributed by atoms with E-state index in [0.29, 0.717) is 55.0 Å². The number of alkyl carbamates (subject to hydrolysis) is 1. The Hall–Kier alpha value is -6.21. The Morgan fingerprint density at radius 3 is 2.37 bits per heavy atom. The van der Waals surface area contributed by atoms with Gasteiger partial charge in [0.1, 0.15) is 47.8 Å². The first kappa shape index (κ1) is 64.0. The molecule has 3 aliphatic heterocycles. The van der Waals surface area contributed by atoms with Crippen molar-refractivity contribution in [2.75, 3.05) is 72.8 Å². The number of nitrogens with one attached hydrogen (secondary N) is 1. The van der Waals surface area contributed by atoms with E-state index < -0.39 is 96.0 Å². The highest BCUT2D eigenvalue weighted by atomic mass is 35.5. The van der Waals surface area contributed by atoms with Gasteiger partial charge in [0.15, 0.2) is 5.72 Å². The first-order valence-corrected chi connectivity index (χ1v) is 28.5. The number of thioether (sulfide) groups is 1. The first-order valence-electron chi connectivity index (χ1n) is 27.1. The summed E-state index contributed by atoms with van der Waals surface area (Å²) in [6.45, 7) is 7.07. The maximum absolute atomic E-state index is 14.4.